The molecule has 1 aliphatic heterocycles. The monoisotopic (exact) mass is 331 g/mol. The zero-order valence-corrected chi connectivity index (χ0v) is 14.6. The van der Waals surface area contributed by atoms with Gasteiger partial charge < -0.3 is 20.7 Å². The first kappa shape index (κ1) is 17.2. The van der Waals surface area contributed by atoms with Gasteiger partial charge in [-0.25, -0.2) is 0 Å². The molecule has 3 rings (SSSR count). The molecule has 1 saturated heterocycles. The molecule has 2 atom stereocenters. The normalized spacial score (nSPS) is 27.8. The Hall–Kier alpha value is -1.59. The predicted molar refractivity (Wildman–Crippen MR) is 95.9 cm³/mol. The SMILES string of the molecule is CC1(N)CCCCC1C(=O)NCc1ccccc1N1CCOCC1. The van der Waals surface area contributed by atoms with Crippen LogP contribution in [0.2, 0.25) is 0 Å². The van der Waals surface area contributed by atoms with Crippen LogP contribution in [0.15, 0.2) is 24.3 Å². The molecule has 1 aliphatic carbocycles. The third kappa shape index (κ3) is 3.90. The summed E-state index contributed by atoms with van der Waals surface area (Å²) in [6.45, 7) is 5.88. The Morgan fingerprint density at radius 1 is 1.33 bits per heavy atom. The lowest BCUT2D eigenvalue weighted by atomic mass is 9.74. The number of carbonyl (C=O) groups excluding carboxylic acids is 1. The summed E-state index contributed by atoms with van der Waals surface area (Å²) < 4.78 is 5.44. The summed E-state index contributed by atoms with van der Waals surface area (Å²) in [6.07, 6.45) is 4.03. The molecule has 3 N–H and O–H groups in total. The van der Waals surface area contributed by atoms with Crippen molar-refractivity contribution in [2.24, 2.45) is 11.7 Å². The van der Waals surface area contributed by atoms with Gasteiger partial charge in [0.25, 0.3) is 0 Å². The third-order valence-corrected chi connectivity index (χ3v) is 5.37. The van der Waals surface area contributed by atoms with Crippen LogP contribution in [0.4, 0.5) is 5.69 Å². The van der Waals surface area contributed by atoms with E-state index in [-0.39, 0.29) is 17.4 Å². The van der Waals surface area contributed by atoms with Gasteiger partial charge in [-0.3, -0.25) is 4.79 Å². The van der Waals surface area contributed by atoms with E-state index in [9.17, 15) is 4.79 Å². The van der Waals surface area contributed by atoms with Gasteiger partial charge in [0.05, 0.1) is 19.1 Å². The molecule has 0 radical (unpaired) electrons. The lowest BCUT2D eigenvalue weighted by Crippen LogP contribution is -2.52. The molecule has 5 nitrogen and oxygen atoms in total. The lowest BCUT2D eigenvalue weighted by molar-refractivity contribution is -0.128. The number of rotatable bonds is 4. The van der Waals surface area contributed by atoms with Crippen molar-refractivity contribution in [1.29, 1.82) is 0 Å². The second-order valence-corrected chi connectivity index (χ2v) is 7.25. The zero-order valence-electron chi connectivity index (χ0n) is 14.6. The fraction of sp³-hybridized carbons (Fsp3) is 0.632. The van der Waals surface area contributed by atoms with E-state index in [1.165, 1.54) is 5.69 Å². The topological polar surface area (TPSA) is 67.6 Å². The number of carbonyl (C=O) groups is 1. The van der Waals surface area contributed by atoms with Gasteiger partial charge in [0, 0.05) is 30.9 Å². The van der Waals surface area contributed by atoms with Crippen LogP contribution in [0.25, 0.3) is 0 Å². The minimum Gasteiger partial charge on any atom is -0.378 e. The predicted octanol–water partition coefficient (Wildman–Crippen LogP) is 2.05. The van der Waals surface area contributed by atoms with Gasteiger partial charge in [0.15, 0.2) is 0 Å². The van der Waals surface area contributed by atoms with Gasteiger partial charge in [-0.1, -0.05) is 31.0 Å². The number of amides is 1. The van der Waals surface area contributed by atoms with Crippen LogP contribution in [0.5, 0.6) is 0 Å². The Kier molecular flexibility index (Phi) is 5.41. The van der Waals surface area contributed by atoms with Crippen LogP contribution in [-0.2, 0) is 16.1 Å². The number of anilines is 1. The van der Waals surface area contributed by atoms with E-state index < -0.39 is 0 Å². The van der Waals surface area contributed by atoms with E-state index in [2.05, 4.69) is 22.3 Å². The molecule has 24 heavy (non-hydrogen) atoms. The third-order valence-electron chi connectivity index (χ3n) is 5.37. The van der Waals surface area contributed by atoms with E-state index in [1.54, 1.807) is 0 Å². The van der Waals surface area contributed by atoms with Gasteiger partial charge >= 0.3 is 0 Å². The summed E-state index contributed by atoms with van der Waals surface area (Å²) >= 11 is 0. The molecule has 0 spiro atoms. The fourth-order valence-electron chi connectivity index (χ4n) is 3.87. The number of ether oxygens (including phenoxy) is 1. The van der Waals surface area contributed by atoms with Crippen LogP contribution in [0.1, 0.15) is 38.2 Å². The van der Waals surface area contributed by atoms with Gasteiger partial charge in [-0.05, 0) is 31.4 Å². The van der Waals surface area contributed by atoms with E-state index in [1.807, 2.05) is 19.1 Å². The Bertz CT molecular complexity index is 567. The highest BCUT2D eigenvalue weighted by Crippen LogP contribution is 2.32. The van der Waals surface area contributed by atoms with Gasteiger partial charge in [-0.2, -0.15) is 0 Å². The van der Waals surface area contributed by atoms with Gasteiger partial charge in [0.2, 0.25) is 5.91 Å². The summed E-state index contributed by atoms with van der Waals surface area (Å²) in [7, 11) is 0. The fourth-order valence-corrected chi connectivity index (χ4v) is 3.87. The molecule has 0 bridgehead atoms. The summed E-state index contributed by atoms with van der Waals surface area (Å²) in [5, 5.41) is 3.13. The molecular weight excluding hydrogens is 302 g/mol. The number of nitrogens with zero attached hydrogens (tertiary/aromatic N) is 1. The highest BCUT2D eigenvalue weighted by atomic mass is 16.5. The summed E-state index contributed by atoms with van der Waals surface area (Å²) in [6, 6.07) is 8.29. The summed E-state index contributed by atoms with van der Waals surface area (Å²) in [4.78, 5) is 15.0. The standard InChI is InChI=1S/C19H29N3O2/c1-19(20)9-5-4-7-16(19)18(23)21-14-15-6-2-3-8-17(15)22-10-12-24-13-11-22/h2-3,6,8,16H,4-5,7,9-14,20H2,1H3,(H,21,23). The van der Waals surface area contributed by atoms with Crippen molar-refractivity contribution in [2.45, 2.75) is 44.7 Å². The molecule has 1 aromatic carbocycles. The maximum atomic E-state index is 12.6. The average molecular weight is 331 g/mol. The van der Waals surface area contributed by atoms with E-state index in [4.69, 9.17) is 10.5 Å². The average Bonchev–Trinajstić information content (AvgIpc) is 2.60. The van der Waals surface area contributed by atoms with Crippen molar-refractivity contribution in [2.75, 3.05) is 31.2 Å². The molecular formula is C19H29N3O2. The zero-order chi connectivity index (χ0) is 17.0. The van der Waals surface area contributed by atoms with Gasteiger partial charge in [-0.15, -0.1) is 0 Å². The number of para-hydroxylation sites is 1. The highest BCUT2D eigenvalue weighted by Gasteiger charge is 2.37. The Labute approximate surface area is 144 Å². The quantitative estimate of drug-likeness (QED) is 0.886. The largest absolute Gasteiger partial charge is 0.378 e. The molecule has 0 aromatic heterocycles. The van der Waals surface area contributed by atoms with Crippen LogP contribution >= 0.6 is 0 Å². The molecule has 2 unspecified atom stereocenters. The first-order valence-corrected chi connectivity index (χ1v) is 9.05. The molecule has 1 amide bonds. The second kappa shape index (κ2) is 7.53. The van der Waals surface area contributed by atoms with Crippen molar-refractivity contribution >= 4 is 11.6 Å². The first-order valence-electron chi connectivity index (χ1n) is 9.05. The van der Waals surface area contributed by atoms with Crippen molar-refractivity contribution in [3.05, 3.63) is 29.8 Å². The minimum atomic E-state index is -0.383. The molecule has 2 fully saturated rings. The number of hydrogen-bond acceptors (Lipinski definition) is 4. The Morgan fingerprint density at radius 2 is 2.08 bits per heavy atom. The molecule has 5 heteroatoms. The summed E-state index contributed by atoms with van der Waals surface area (Å²) in [5.74, 6) is 0.0123. The number of hydrogen-bond donors (Lipinski definition) is 2. The van der Waals surface area contributed by atoms with E-state index in [0.717, 1.165) is 57.6 Å². The van der Waals surface area contributed by atoms with Crippen LogP contribution in [-0.4, -0.2) is 37.7 Å². The lowest BCUT2D eigenvalue weighted by Gasteiger charge is -2.37. The number of morpholine rings is 1. The minimum absolute atomic E-state index is 0.0817. The highest BCUT2D eigenvalue weighted by molar-refractivity contribution is 5.80. The van der Waals surface area contributed by atoms with Crippen LogP contribution in [0, 0.1) is 5.92 Å². The molecule has 132 valence electrons. The van der Waals surface area contributed by atoms with Gasteiger partial charge in [0.1, 0.15) is 0 Å². The van der Waals surface area contributed by atoms with Crippen molar-refractivity contribution in [3.8, 4) is 0 Å². The van der Waals surface area contributed by atoms with E-state index in [0.29, 0.717) is 6.54 Å². The number of nitrogens with one attached hydrogen (secondary N) is 1. The molecule has 1 saturated carbocycles. The van der Waals surface area contributed by atoms with Crippen molar-refractivity contribution < 1.29 is 9.53 Å². The molecule has 1 heterocycles. The van der Waals surface area contributed by atoms with Crippen LogP contribution in [0.3, 0.4) is 0 Å². The Morgan fingerprint density at radius 3 is 2.83 bits per heavy atom. The van der Waals surface area contributed by atoms with Crippen molar-refractivity contribution in [1.82, 2.24) is 5.32 Å². The molecule has 1 aromatic rings. The number of nitrogens with two attached hydrogens (primary N) is 1. The molecule has 2 aliphatic rings. The van der Waals surface area contributed by atoms with E-state index >= 15 is 0 Å². The Balaban J connectivity index is 1.65. The first-order chi connectivity index (χ1) is 11.6. The van der Waals surface area contributed by atoms with Crippen molar-refractivity contribution in [3.63, 3.8) is 0 Å². The maximum Gasteiger partial charge on any atom is 0.225 e. The maximum absolute atomic E-state index is 12.6. The second-order valence-electron chi connectivity index (χ2n) is 7.25. The summed E-state index contributed by atoms with van der Waals surface area (Å²) in [5.41, 5.74) is 8.32. The smallest absolute Gasteiger partial charge is 0.225 e. The number of benzene rings is 1. The van der Waals surface area contributed by atoms with Crippen LogP contribution < -0.4 is 16.0 Å².